The van der Waals surface area contributed by atoms with E-state index in [1.54, 1.807) is 23.4 Å². The molecule has 3 amide bonds. The van der Waals surface area contributed by atoms with E-state index >= 15 is 0 Å². The molecule has 7 heteroatoms. The monoisotopic (exact) mass is 448 g/mol. The van der Waals surface area contributed by atoms with Crippen molar-refractivity contribution in [3.63, 3.8) is 0 Å². The highest BCUT2D eigenvalue weighted by molar-refractivity contribution is 6.10. The molecule has 2 saturated heterocycles. The summed E-state index contributed by atoms with van der Waals surface area (Å²) in [7, 11) is 3.92. The number of amides is 3. The number of hydrogen-bond acceptors (Lipinski definition) is 5. The third-order valence-electron chi connectivity index (χ3n) is 7.21. The number of imide groups is 1. The van der Waals surface area contributed by atoms with Gasteiger partial charge in [0.05, 0.1) is 12.0 Å². The van der Waals surface area contributed by atoms with Crippen molar-refractivity contribution in [1.82, 2.24) is 19.7 Å². The van der Waals surface area contributed by atoms with E-state index in [0.717, 1.165) is 42.6 Å². The molecule has 1 aromatic heterocycles. The van der Waals surface area contributed by atoms with Gasteiger partial charge in [0.15, 0.2) is 0 Å². The fraction of sp³-hybridized carbons (Fsp3) is 0.462. The van der Waals surface area contributed by atoms with E-state index in [1.165, 1.54) is 4.90 Å². The molecule has 0 radical (unpaired) electrons. The fourth-order valence-corrected chi connectivity index (χ4v) is 5.16. The average molecular weight is 449 g/mol. The van der Waals surface area contributed by atoms with E-state index in [9.17, 15) is 14.4 Å². The Morgan fingerprint density at radius 3 is 2.55 bits per heavy atom. The molecule has 0 saturated carbocycles. The van der Waals surface area contributed by atoms with Crippen molar-refractivity contribution < 1.29 is 14.4 Å². The first-order valence-electron chi connectivity index (χ1n) is 11.6. The molecule has 3 heterocycles. The maximum absolute atomic E-state index is 13.9. The molecule has 0 unspecified atom stereocenters. The zero-order chi connectivity index (χ0) is 23.6. The number of carbonyl (C=O) groups is 3. The Labute approximate surface area is 195 Å². The number of benzene rings is 1. The number of carbonyl (C=O) groups excluding carboxylic acids is 3. The van der Waals surface area contributed by atoms with Gasteiger partial charge in [0.25, 0.3) is 0 Å². The van der Waals surface area contributed by atoms with Gasteiger partial charge in [0, 0.05) is 38.3 Å². The molecule has 0 aliphatic carbocycles. The Hall–Kier alpha value is -3.06. The maximum Gasteiger partial charge on any atom is 0.241 e. The Kier molecular flexibility index (Phi) is 6.61. The summed E-state index contributed by atoms with van der Waals surface area (Å²) in [5, 5.41) is 0. The Morgan fingerprint density at radius 2 is 1.88 bits per heavy atom. The molecule has 0 bridgehead atoms. The summed E-state index contributed by atoms with van der Waals surface area (Å²) in [6.45, 7) is 3.99. The van der Waals surface area contributed by atoms with Crippen LogP contribution in [0.5, 0.6) is 0 Å². The average Bonchev–Trinajstić information content (AvgIpc) is 3.04. The summed E-state index contributed by atoms with van der Waals surface area (Å²) in [5.74, 6) is -0.630. The van der Waals surface area contributed by atoms with E-state index in [1.807, 2.05) is 44.3 Å². The van der Waals surface area contributed by atoms with Crippen LogP contribution in [0.3, 0.4) is 0 Å². The highest BCUT2D eigenvalue weighted by Gasteiger charge is 2.54. The van der Waals surface area contributed by atoms with Gasteiger partial charge < -0.3 is 9.80 Å². The zero-order valence-corrected chi connectivity index (χ0v) is 19.7. The Balaban J connectivity index is 1.64. The summed E-state index contributed by atoms with van der Waals surface area (Å²) >= 11 is 0. The van der Waals surface area contributed by atoms with Gasteiger partial charge in [-0.05, 0) is 62.7 Å². The van der Waals surface area contributed by atoms with Gasteiger partial charge in [-0.15, -0.1) is 0 Å². The molecule has 7 nitrogen and oxygen atoms in total. The molecule has 174 valence electrons. The molecule has 2 aliphatic heterocycles. The van der Waals surface area contributed by atoms with Crippen molar-refractivity contribution in [2.45, 2.75) is 50.6 Å². The molecule has 2 aliphatic rings. The minimum atomic E-state index is -1.18. The van der Waals surface area contributed by atoms with Crippen molar-refractivity contribution in [3.8, 4) is 0 Å². The standard InChI is InChI=1S/C26H32N4O3/c1-19-7-4-5-9-22(19)26(15-23(31)29(3)21-10-13-28(2)14-11-21)16-24(32)30(25(26)33)18-20-8-6-12-27-17-20/h4-9,12,17,21H,10-11,13-16,18H2,1-3H3/t26-/m0/s1. The van der Waals surface area contributed by atoms with E-state index in [2.05, 4.69) is 16.9 Å². The highest BCUT2D eigenvalue weighted by Crippen LogP contribution is 2.42. The Morgan fingerprint density at radius 1 is 1.15 bits per heavy atom. The SMILES string of the molecule is Cc1ccccc1[C@]1(CC(=O)N(C)C2CCN(C)CC2)CC(=O)N(Cc2cccnc2)C1=O. The molecule has 2 fully saturated rings. The van der Waals surface area contributed by atoms with E-state index in [-0.39, 0.29) is 43.1 Å². The third kappa shape index (κ3) is 4.55. The van der Waals surface area contributed by atoms with Crippen LogP contribution in [-0.2, 0) is 26.3 Å². The van der Waals surface area contributed by atoms with Crippen LogP contribution < -0.4 is 0 Å². The molecular formula is C26H32N4O3. The van der Waals surface area contributed by atoms with Crippen LogP contribution in [-0.4, -0.2) is 70.6 Å². The van der Waals surface area contributed by atoms with Crippen molar-refractivity contribution in [3.05, 3.63) is 65.5 Å². The van der Waals surface area contributed by atoms with Crippen LogP contribution in [0.25, 0.3) is 0 Å². The fourth-order valence-electron chi connectivity index (χ4n) is 5.16. The topological polar surface area (TPSA) is 73.8 Å². The summed E-state index contributed by atoms with van der Waals surface area (Å²) in [6.07, 6.45) is 5.14. The molecule has 2 aromatic rings. The molecule has 1 atom stereocenters. The number of rotatable bonds is 6. The van der Waals surface area contributed by atoms with Gasteiger partial charge in [-0.3, -0.25) is 24.3 Å². The number of hydrogen-bond donors (Lipinski definition) is 0. The van der Waals surface area contributed by atoms with Crippen LogP contribution in [0.2, 0.25) is 0 Å². The Bertz CT molecular complexity index is 1030. The van der Waals surface area contributed by atoms with Crippen LogP contribution in [0.4, 0.5) is 0 Å². The number of aryl methyl sites for hydroxylation is 1. The van der Waals surface area contributed by atoms with Gasteiger partial charge in [-0.2, -0.15) is 0 Å². The highest BCUT2D eigenvalue weighted by atomic mass is 16.2. The number of likely N-dealkylation sites (tertiary alicyclic amines) is 2. The second-order valence-electron chi connectivity index (χ2n) is 9.44. The first kappa shape index (κ1) is 23.1. The maximum atomic E-state index is 13.9. The first-order chi connectivity index (χ1) is 15.8. The number of nitrogens with zero attached hydrogens (tertiary/aromatic N) is 4. The van der Waals surface area contributed by atoms with Crippen molar-refractivity contribution in [2.24, 2.45) is 0 Å². The lowest BCUT2D eigenvalue weighted by molar-refractivity contribution is -0.143. The minimum absolute atomic E-state index is 0.00390. The molecule has 33 heavy (non-hydrogen) atoms. The molecule has 0 N–H and O–H groups in total. The van der Waals surface area contributed by atoms with Crippen LogP contribution in [0, 0.1) is 6.92 Å². The van der Waals surface area contributed by atoms with Gasteiger partial charge >= 0.3 is 0 Å². The molecule has 0 spiro atoms. The largest absolute Gasteiger partial charge is 0.343 e. The predicted octanol–water partition coefficient (Wildman–Crippen LogP) is 2.53. The van der Waals surface area contributed by atoms with Crippen LogP contribution in [0.15, 0.2) is 48.8 Å². The van der Waals surface area contributed by atoms with Gasteiger partial charge in [-0.1, -0.05) is 30.3 Å². The smallest absolute Gasteiger partial charge is 0.241 e. The first-order valence-corrected chi connectivity index (χ1v) is 11.6. The second kappa shape index (κ2) is 9.43. The van der Waals surface area contributed by atoms with Crippen molar-refractivity contribution in [2.75, 3.05) is 27.2 Å². The minimum Gasteiger partial charge on any atom is -0.343 e. The van der Waals surface area contributed by atoms with Gasteiger partial charge in [0.1, 0.15) is 0 Å². The molecular weight excluding hydrogens is 416 g/mol. The molecule has 4 rings (SSSR count). The summed E-state index contributed by atoms with van der Waals surface area (Å²) in [6, 6.07) is 11.4. The van der Waals surface area contributed by atoms with Gasteiger partial charge in [-0.25, -0.2) is 0 Å². The zero-order valence-electron chi connectivity index (χ0n) is 19.7. The summed E-state index contributed by atoms with van der Waals surface area (Å²) < 4.78 is 0. The lowest BCUT2D eigenvalue weighted by atomic mass is 9.73. The van der Waals surface area contributed by atoms with Gasteiger partial charge in [0.2, 0.25) is 17.7 Å². The van der Waals surface area contributed by atoms with Crippen LogP contribution in [0.1, 0.15) is 42.4 Å². The quantitative estimate of drug-likeness (QED) is 0.635. The number of aromatic nitrogens is 1. The third-order valence-corrected chi connectivity index (χ3v) is 7.21. The van der Waals surface area contributed by atoms with E-state index in [0.29, 0.717) is 0 Å². The van der Waals surface area contributed by atoms with Crippen molar-refractivity contribution >= 4 is 17.7 Å². The lowest BCUT2D eigenvalue weighted by Gasteiger charge is -2.37. The van der Waals surface area contributed by atoms with Crippen molar-refractivity contribution in [1.29, 1.82) is 0 Å². The number of pyridine rings is 1. The van der Waals surface area contributed by atoms with E-state index < -0.39 is 5.41 Å². The summed E-state index contributed by atoms with van der Waals surface area (Å²) in [4.78, 5) is 50.0. The normalized spacial score (nSPS) is 22.1. The van der Waals surface area contributed by atoms with E-state index in [4.69, 9.17) is 0 Å². The van der Waals surface area contributed by atoms with Crippen LogP contribution >= 0.6 is 0 Å². The lowest BCUT2D eigenvalue weighted by Crippen LogP contribution is -2.48. The predicted molar refractivity (Wildman–Crippen MR) is 125 cm³/mol. The molecule has 1 aromatic carbocycles. The summed E-state index contributed by atoms with van der Waals surface area (Å²) in [5.41, 5.74) is 1.29. The second-order valence-corrected chi connectivity index (χ2v) is 9.44. The number of piperidine rings is 1.